The van der Waals surface area contributed by atoms with Gasteiger partial charge in [-0.15, -0.1) is 0 Å². The minimum Gasteiger partial charge on any atom is -0.352 e. The summed E-state index contributed by atoms with van der Waals surface area (Å²) >= 11 is 0. The molecular weight excluding hydrogens is 240 g/mol. The van der Waals surface area contributed by atoms with Crippen molar-refractivity contribution < 1.29 is 13.2 Å². The van der Waals surface area contributed by atoms with Gasteiger partial charge < -0.3 is 10.6 Å². The lowest BCUT2D eigenvalue weighted by Gasteiger charge is -2.14. The third-order valence-electron chi connectivity index (χ3n) is 3.18. The molecule has 96 valence electrons. The van der Waals surface area contributed by atoms with Gasteiger partial charge in [0.25, 0.3) is 0 Å². The van der Waals surface area contributed by atoms with E-state index in [4.69, 9.17) is 0 Å². The summed E-state index contributed by atoms with van der Waals surface area (Å²) in [7, 11) is -3.04. The molecule has 1 atom stereocenters. The van der Waals surface area contributed by atoms with Crippen molar-refractivity contribution in [2.24, 2.45) is 0 Å². The summed E-state index contributed by atoms with van der Waals surface area (Å²) in [4.78, 5) is 11.6. The molecule has 2 rings (SSSR count). The van der Waals surface area contributed by atoms with Crippen molar-refractivity contribution in [1.29, 1.82) is 0 Å². The molecular formula is C11H18N2O3S. The normalized spacial score (nSPS) is 27.4. The van der Waals surface area contributed by atoms with Crippen molar-refractivity contribution in [1.82, 2.24) is 10.6 Å². The standard InChI is InChI=1S/C11H18N2O3S/c14-11(13-9-3-1-2-4-9)7-12-10-5-6-17(15,16)8-10/h5-6,9-10,12H,1-4,7-8H2,(H,13,14). The van der Waals surface area contributed by atoms with E-state index in [1.54, 1.807) is 6.08 Å². The van der Waals surface area contributed by atoms with Crippen LogP contribution in [-0.2, 0) is 14.6 Å². The number of hydrogen-bond donors (Lipinski definition) is 2. The second-order valence-electron chi connectivity index (χ2n) is 4.69. The maximum absolute atomic E-state index is 11.6. The fourth-order valence-corrected chi connectivity index (χ4v) is 3.55. The molecule has 2 aliphatic rings. The molecule has 5 nitrogen and oxygen atoms in total. The number of sulfone groups is 1. The summed E-state index contributed by atoms with van der Waals surface area (Å²) in [5, 5.41) is 7.09. The molecule has 0 bridgehead atoms. The van der Waals surface area contributed by atoms with Crippen LogP contribution in [0.15, 0.2) is 11.5 Å². The largest absolute Gasteiger partial charge is 0.352 e. The fourth-order valence-electron chi connectivity index (χ4n) is 2.28. The van der Waals surface area contributed by atoms with Gasteiger partial charge in [0.2, 0.25) is 5.91 Å². The van der Waals surface area contributed by atoms with Crippen LogP contribution in [0.2, 0.25) is 0 Å². The highest BCUT2D eigenvalue weighted by molar-refractivity contribution is 7.94. The molecule has 1 saturated carbocycles. The average Bonchev–Trinajstić information content (AvgIpc) is 2.85. The number of nitrogens with one attached hydrogen (secondary N) is 2. The molecule has 0 radical (unpaired) electrons. The zero-order chi connectivity index (χ0) is 12.3. The molecule has 17 heavy (non-hydrogen) atoms. The van der Waals surface area contributed by atoms with E-state index in [0.29, 0.717) is 6.04 Å². The smallest absolute Gasteiger partial charge is 0.234 e. The summed E-state index contributed by atoms with van der Waals surface area (Å²) < 4.78 is 22.3. The third-order valence-corrected chi connectivity index (χ3v) is 4.57. The SMILES string of the molecule is O=C(CNC1C=CS(=O)(=O)C1)NC1CCCC1. The molecule has 1 aliphatic heterocycles. The zero-order valence-corrected chi connectivity index (χ0v) is 10.5. The van der Waals surface area contributed by atoms with Crippen LogP contribution in [0.4, 0.5) is 0 Å². The zero-order valence-electron chi connectivity index (χ0n) is 9.69. The minimum absolute atomic E-state index is 0.0467. The first kappa shape index (κ1) is 12.6. The van der Waals surface area contributed by atoms with Gasteiger partial charge in [-0.05, 0) is 12.8 Å². The Bertz CT molecular complexity index is 410. The van der Waals surface area contributed by atoms with E-state index >= 15 is 0 Å². The minimum atomic E-state index is -3.04. The Hall–Kier alpha value is -0.880. The van der Waals surface area contributed by atoms with Gasteiger partial charge >= 0.3 is 0 Å². The van der Waals surface area contributed by atoms with Crippen molar-refractivity contribution in [2.75, 3.05) is 12.3 Å². The number of amides is 1. The Morgan fingerprint density at radius 3 is 2.59 bits per heavy atom. The Morgan fingerprint density at radius 1 is 1.29 bits per heavy atom. The first-order valence-corrected chi connectivity index (χ1v) is 7.70. The molecule has 1 heterocycles. The maximum Gasteiger partial charge on any atom is 0.234 e. The van der Waals surface area contributed by atoms with Crippen molar-refractivity contribution in [3.63, 3.8) is 0 Å². The Morgan fingerprint density at radius 2 is 2.00 bits per heavy atom. The molecule has 0 spiro atoms. The van der Waals surface area contributed by atoms with Crippen LogP contribution in [0.1, 0.15) is 25.7 Å². The van der Waals surface area contributed by atoms with Crippen LogP contribution in [0, 0.1) is 0 Å². The first-order chi connectivity index (χ1) is 8.05. The quantitative estimate of drug-likeness (QED) is 0.741. The van der Waals surface area contributed by atoms with E-state index in [1.807, 2.05) is 0 Å². The Balaban J connectivity index is 1.68. The molecule has 2 N–H and O–H groups in total. The summed E-state index contributed by atoms with van der Waals surface area (Å²) in [6, 6.07) is 0.0847. The number of carbonyl (C=O) groups is 1. The molecule has 1 amide bonds. The van der Waals surface area contributed by atoms with Crippen molar-refractivity contribution in [3.05, 3.63) is 11.5 Å². The van der Waals surface area contributed by atoms with E-state index < -0.39 is 9.84 Å². The van der Waals surface area contributed by atoms with Crippen LogP contribution in [0.3, 0.4) is 0 Å². The second-order valence-corrected chi connectivity index (χ2v) is 6.63. The van der Waals surface area contributed by atoms with Gasteiger partial charge in [-0.2, -0.15) is 0 Å². The highest BCUT2D eigenvalue weighted by Gasteiger charge is 2.22. The number of carbonyl (C=O) groups excluding carboxylic acids is 1. The number of rotatable bonds is 4. The van der Waals surface area contributed by atoms with Gasteiger partial charge in [0.05, 0.1) is 12.3 Å². The first-order valence-electron chi connectivity index (χ1n) is 5.99. The third kappa shape index (κ3) is 3.81. The van der Waals surface area contributed by atoms with E-state index in [0.717, 1.165) is 12.8 Å². The lowest BCUT2D eigenvalue weighted by Crippen LogP contribution is -2.42. The topological polar surface area (TPSA) is 75.3 Å². The van der Waals surface area contributed by atoms with Gasteiger partial charge in [0.1, 0.15) is 0 Å². The molecule has 0 aromatic rings. The van der Waals surface area contributed by atoms with Gasteiger partial charge in [-0.1, -0.05) is 18.9 Å². The molecule has 0 aromatic carbocycles. The number of hydrogen-bond acceptors (Lipinski definition) is 4. The predicted octanol–water partition coefficient (Wildman–Crippen LogP) is -0.0545. The van der Waals surface area contributed by atoms with Gasteiger partial charge in [0, 0.05) is 17.5 Å². The van der Waals surface area contributed by atoms with E-state index in [9.17, 15) is 13.2 Å². The lowest BCUT2D eigenvalue weighted by atomic mass is 10.2. The predicted molar refractivity (Wildman–Crippen MR) is 65.1 cm³/mol. The lowest BCUT2D eigenvalue weighted by molar-refractivity contribution is -0.120. The van der Waals surface area contributed by atoms with E-state index in [-0.39, 0.29) is 24.2 Å². The summed E-state index contributed by atoms with van der Waals surface area (Å²) in [6.45, 7) is 0.182. The molecule has 0 aromatic heterocycles. The van der Waals surface area contributed by atoms with Crippen LogP contribution in [0.25, 0.3) is 0 Å². The van der Waals surface area contributed by atoms with Crippen LogP contribution in [0.5, 0.6) is 0 Å². The van der Waals surface area contributed by atoms with Gasteiger partial charge in [-0.25, -0.2) is 8.42 Å². The molecule has 1 fully saturated rings. The van der Waals surface area contributed by atoms with Crippen molar-refractivity contribution >= 4 is 15.7 Å². The second kappa shape index (κ2) is 5.18. The Labute approximate surface area is 102 Å². The summed E-state index contributed by atoms with van der Waals surface area (Å²) in [6.07, 6.45) is 6.08. The van der Waals surface area contributed by atoms with Crippen LogP contribution >= 0.6 is 0 Å². The van der Waals surface area contributed by atoms with E-state index in [2.05, 4.69) is 10.6 Å². The summed E-state index contributed by atoms with van der Waals surface area (Å²) in [5.74, 6) is 0.0126. The average molecular weight is 258 g/mol. The molecule has 1 unspecified atom stereocenters. The van der Waals surface area contributed by atoms with Crippen LogP contribution < -0.4 is 10.6 Å². The van der Waals surface area contributed by atoms with E-state index in [1.165, 1.54) is 18.2 Å². The highest BCUT2D eigenvalue weighted by atomic mass is 32.2. The van der Waals surface area contributed by atoms with Gasteiger partial charge in [-0.3, -0.25) is 4.79 Å². The van der Waals surface area contributed by atoms with Crippen molar-refractivity contribution in [2.45, 2.75) is 37.8 Å². The Kier molecular flexibility index (Phi) is 3.83. The fraction of sp³-hybridized carbons (Fsp3) is 0.727. The molecule has 6 heteroatoms. The maximum atomic E-state index is 11.6. The molecule has 0 saturated heterocycles. The van der Waals surface area contributed by atoms with Crippen LogP contribution in [-0.4, -0.2) is 38.7 Å². The monoisotopic (exact) mass is 258 g/mol. The highest BCUT2D eigenvalue weighted by Crippen LogP contribution is 2.17. The molecule has 1 aliphatic carbocycles. The summed E-state index contributed by atoms with van der Waals surface area (Å²) in [5.41, 5.74) is 0. The van der Waals surface area contributed by atoms with Crippen molar-refractivity contribution in [3.8, 4) is 0 Å². The van der Waals surface area contributed by atoms with Gasteiger partial charge in [0.15, 0.2) is 9.84 Å².